The summed E-state index contributed by atoms with van der Waals surface area (Å²) in [5, 5.41) is 11.2. The molecule has 0 unspecified atom stereocenters. The van der Waals surface area contributed by atoms with E-state index in [0.29, 0.717) is 41.7 Å². The fourth-order valence-electron chi connectivity index (χ4n) is 4.32. The summed E-state index contributed by atoms with van der Waals surface area (Å²) in [5.74, 6) is 0.650. The Morgan fingerprint density at radius 2 is 1.79 bits per heavy atom. The lowest BCUT2D eigenvalue weighted by Gasteiger charge is -2.19. The maximum Gasteiger partial charge on any atom is 0.274 e. The van der Waals surface area contributed by atoms with Crippen LogP contribution in [-0.4, -0.2) is 47.8 Å². The number of pyridine rings is 1. The Labute approximate surface area is 198 Å². The zero-order chi connectivity index (χ0) is 23.5. The van der Waals surface area contributed by atoms with Gasteiger partial charge in [0.15, 0.2) is 11.5 Å². The van der Waals surface area contributed by atoms with Gasteiger partial charge in [0.05, 0.1) is 0 Å². The van der Waals surface area contributed by atoms with Crippen LogP contribution in [0, 0.1) is 5.41 Å². The van der Waals surface area contributed by atoms with Gasteiger partial charge in [0.25, 0.3) is 5.91 Å². The lowest BCUT2D eigenvalue weighted by molar-refractivity contribution is -0.110. The molecule has 0 atom stereocenters. The topological polar surface area (TPSA) is 114 Å². The number of nitrogen functional groups attached to an aromatic ring is 1. The number of aromatic nitrogens is 1. The normalized spacial score (nSPS) is 15.2. The molecular formula is C26H27N5O3. The molecule has 34 heavy (non-hydrogen) atoms. The summed E-state index contributed by atoms with van der Waals surface area (Å²) in [5.41, 5.74) is 10.1. The number of hydrogen-bond acceptors (Lipinski definition) is 7. The molecule has 8 nitrogen and oxygen atoms in total. The molecule has 3 heterocycles. The molecule has 2 aliphatic heterocycles. The summed E-state index contributed by atoms with van der Waals surface area (Å²) in [7, 11) is 0. The zero-order valence-electron chi connectivity index (χ0n) is 18.8. The molecule has 1 amide bonds. The number of amides is 1. The highest BCUT2D eigenvalue weighted by Crippen LogP contribution is 2.33. The molecule has 4 N–H and O–H groups in total. The Kier molecular flexibility index (Phi) is 6.14. The van der Waals surface area contributed by atoms with E-state index in [1.165, 1.54) is 12.8 Å². The molecule has 2 aliphatic rings. The Morgan fingerprint density at radius 1 is 1.00 bits per heavy atom. The van der Waals surface area contributed by atoms with E-state index in [1.807, 2.05) is 12.3 Å². The molecule has 2 aromatic carbocycles. The molecule has 0 saturated carbocycles. The first-order chi connectivity index (χ1) is 16.6. The summed E-state index contributed by atoms with van der Waals surface area (Å²) < 4.78 is 11.1. The smallest absolute Gasteiger partial charge is 0.274 e. The highest BCUT2D eigenvalue weighted by molar-refractivity contribution is 6.48. The molecular weight excluding hydrogens is 430 g/mol. The number of carbonyl (C=O) groups is 1. The molecule has 1 fully saturated rings. The second kappa shape index (κ2) is 9.52. The quantitative estimate of drug-likeness (QED) is 0.384. The predicted molar refractivity (Wildman–Crippen MR) is 131 cm³/mol. The van der Waals surface area contributed by atoms with Gasteiger partial charge in [-0.15, -0.1) is 0 Å². The van der Waals surface area contributed by atoms with Crippen LogP contribution in [0.4, 0.5) is 11.4 Å². The minimum Gasteiger partial charge on any atom is -0.486 e. The van der Waals surface area contributed by atoms with Gasteiger partial charge in [0, 0.05) is 47.5 Å². The van der Waals surface area contributed by atoms with Crippen molar-refractivity contribution < 1.29 is 14.3 Å². The predicted octanol–water partition coefficient (Wildman–Crippen LogP) is 3.70. The van der Waals surface area contributed by atoms with Crippen molar-refractivity contribution in [3.05, 3.63) is 66.0 Å². The Morgan fingerprint density at radius 3 is 2.62 bits per heavy atom. The summed E-state index contributed by atoms with van der Waals surface area (Å²) in [4.78, 5) is 19.7. The fraction of sp³-hybridized carbons (Fsp3) is 0.269. The first kappa shape index (κ1) is 21.9. The van der Waals surface area contributed by atoms with Crippen LogP contribution >= 0.6 is 0 Å². The SMILES string of the molecule is N=C(C(=O)Nc1ccc2c(c1)OCCO2)c1cc(-c2cncc(CN3CCCC3)c2)ccc1N. The minimum atomic E-state index is -0.554. The van der Waals surface area contributed by atoms with E-state index in [0.717, 1.165) is 36.3 Å². The number of likely N-dealkylation sites (tertiary alicyclic amines) is 1. The monoisotopic (exact) mass is 457 g/mol. The molecule has 0 aliphatic carbocycles. The third kappa shape index (κ3) is 4.72. The van der Waals surface area contributed by atoms with Crippen LogP contribution in [0.1, 0.15) is 24.0 Å². The van der Waals surface area contributed by atoms with Crippen LogP contribution in [-0.2, 0) is 11.3 Å². The molecule has 0 spiro atoms. The highest BCUT2D eigenvalue weighted by Gasteiger charge is 2.18. The maximum absolute atomic E-state index is 12.8. The van der Waals surface area contributed by atoms with E-state index >= 15 is 0 Å². The number of ether oxygens (including phenoxy) is 2. The number of nitrogens with one attached hydrogen (secondary N) is 2. The molecule has 8 heteroatoms. The molecule has 1 aromatic heterocycles. The second-order valence-corrected chi connectivity index (χ2v) is 8.55. The average Bonchev–Trinajstić information content (AvgIpc) is 3.37. The molecule has 174 valence electrons. The molecule has 5 rings (SSSR count). The zero-order valence-corrected chi connectivity index (χ0v) is 18.8. The fourth-order valence-corrected chi connectivity index (χ4v) is 4.32. The number of carbonyl (C=O) groups excluding carboxylic acids is 1. The standard InChI is InChI=1S/C26H27N5O3/c27-22-5-3-18(19-11-17(14-29-15-19)16-31-7-1-2-8-31)12-21(22)25(28)26(32)30-20-4-6-23-24(13-20)34-10-9-33-23/h3-6,11-15,28H,1-2,7-10,16,27H2,(H,30,32). The van der Waals surface area contributed by atoms with Gasteiger partial charge >= 0.3 is 0 Å². The summed E-state index contributed by atoms with van der Waals surface area (Å²) in [6, 6.07) is 12.7. The molecule has 0 radical (unpaired) electrons. The van der Waals surface area contributed by atoms with Crippen LogP contribution in [0.5, 0.6) is 11.5 Å². The largest absolute Gasteiger partial charge is 0.486 e. The van der Waals surface area contributed by atoms with Crippen molar-refractivity contribution >= 4 is 23.0 Å². The van der Waals surface area contributed by atoms with E-state index in [1.54, 1.807) is 36.5 Å². The van der Waals surface area contributed by atoms with Crippen molar-refractivity contribution in [3.63, 3.8) is 0 Å². The van der Waals surface area contributed by atoms with Crippen LogP contribution in [0.25, 0.3) is 11.1 Å². The number of rotatable bonds is 6. The Hall–Kier alpha value is -3.91. The van der Waals surface area contributed by atoms with E-state index < -0.39 is 5.91 Å². The number of nitrogens with two attached hydrogens (primary N) is 1. The van der Waals surface area contributed by atoms with Gasteiger partial charge in [0.2, 0.25) is 0 Å². The summed E-state index contributed by atoms with van der Waals surface area (Å²) in [6.45, 7) is 4.06. The molecule has 1 saturated heterocycles. The van der Waals surface area contributed by atoms with E-state index in [4.69, 9.17) is 20.6 Å². The first-order valence-corrected chi connectivity index (χ1v) is 11.4. The minimum absolute atomic E-state index is 0.213. The Bertz CT molecular complexity index is 1240. The first-order valence-electron chi connectivity index (χ1n) is 11.4. The van der Waals surface area contributed by atoms with Crippen molar-refractivity contribution in [1.82, 2.24) is 9.88 Å². The highest BCUT2D eigenvalue weighted by atomic mass is 16.6. The summed E-state index contributed by atoms with van der Waals surface area (Å²) >= 11 is 0. The third-order valence-electron chi connectivity index (χ3n) is 6.08. The van der Waals surface area contributed by atoms with Gasteiger partial charge in [-0.1, -0.05) is 6.07 Å². The van der Waals surface area contributed by atoms with Crippen molar-refractivity contribution in [3.8, 4) is 22.6 Å². The van der Waals surface area contributed by atoms with Crippen molar-refractivity contribution in [1.29, 1.82) is 5.41 Å². The summed E-state index contributed by atoms with van der Waals surface area (Å²) in [6.07, 6.45) is 6.17. The van der Waals surface area contributed by atoms with Gasteiger partial charge in [0.1, 0.15) is 18.9 Å². The maximum atomic E-state index is 12.8. The lowest BCUT2D eigenvalue weighted by atomic mass is 9.99. The number of hydrogen-bond donors (Lipinski definition) is 3. The van der Waals surface area contributed by atoms with Gasteiger partial charge in [-0.05, 0) is 67.4 Å². The third-order valence-corrected chi connectivity index (χ3v) is 6.08. The van der Waals surface area contributed by atoms with Crippen LogP contribution < -0.4 is 20.5 Å². The number of anilines is 2. The lowest BCUT2D eigenvalue weighted by Crippen LogP contribution is -2.24. The van der Waals surface area contributed by atoms with Crippen LogP contribution in [0.2, 0.25) is 0 Å². The van der Waals surface area contributed by atoms with Gasteiger partial charge in [-0.2, -0.15) is 0 Å². The van der Waals surface area contributed by atoms with Gasteiger partial charge < -0.3 is 20.5 Å². The van der Waals surface area contributed by atoms with Crippen molar-refractivity contribution in [2.24, 2.45) is 0 Å². The van der Waals surface area contributed by atoms with E-state index in [-0.39, 0.29) is 5.71 Å². The molecule has 3 aromatic rings. The number of benzene rings is 2. The van der Waals surface area contributed by atoms with Gasteiger partial charge in [-0.25, -0.2) is 0 Å². The average molecular weight is 458 g/mol. The van der Waals surface area contributed by atoms with Crippen molar-refractivity contribution in [2.45, 2.75) is 19.4 Å². The van der Waals surface area contributed by atoms with E-state index in [9.17, 15) is 4.79 Å². The van der Waals surface area contributed by atoms with E-state index in [2.05, 4.69) is 21.3 Å². The number of fused-ring (bicyclic) bond motifs is 1. The number of nitrogens with zero attached hydrogens (tertiary/aromatic N) is 2. The second-order valence-electron chi connectivity index (χ2n) is 8.55. The van der Waals surface area contributed by atoms with Crippen molar-refractivity contribution in [2.75, 3.05) is 37.4 Å². The molecule has 0 bridgehead atoms. The van der Waals surface area contributed by atoms with Crippen LogP contribution in [0.15, 0.2) is 54.9 Å². The van der Waals surface area contributed by atoms with Crippen LogP contribution in [0.3, 0.4) is 0 Å². The van der Waals surface area contributed by atoms with Gasteiger partial charge in [-0.3, -0.25) is 20.1 Å². The Balaban J connectivity index is 1.34.